The quantitative estimate of drug-likeness (QED) is 0.247. The van der Waals surface area contributed by atoms with Gasteiger partial charge in [-0.2, -0.15) is 10.4 Å². The summed E-state index contributed by atoms with van der Waals surface area (Å²) in [6, 6.07) is 26.7. The number of anilines is 1. The molecule has 3 aromatic carbocycles. The summed E-state index contributed by atoms with van der Waals surface area (Å²) in [7, 11) is 0. The number of thioether (sulfide) groups is 1. The Morgan fingerprint density at radius 2 is 1.79 bits per heavy atom. The Bertz CT molecular complexity index is 1440. The van der Waals surface area contributed by atoms with Crippen LogP contribution in [0.15, 0.2) is 83.8 Å². The van der Waals surface area contributed by atoms with Gasteiger partial charge in [-0.25, -0.2) is 4.68 Å². The number of para-hydroxylation sites is 1. The lowest BCUT2D eigenvalue weighted by molar-refractivity contribution is 0.0970. The maximum absolute atomic E-state index is 13.6. The zero-order valence-electron chi connectivity index (χ0n) is 17.7. The highest BCUT2D eigenvalue weighted by Gasteiger charge is 2.34. The summed E-state index contributed by atoms with van der Waals surface area (Å²) in [4.78, 5) is 14.9. The summed E-state index contributed by atoms with van der Waals surface area (Å²) in [5.41, 5.74) is 4.47. The highest BCUT2D eigenvalue weighted by Crippen LogP contribution is 2.44. The van der Waals surface area contributed by atoms with E-state index in [2.05, 4.69) is 17.5 Å². The first-order valence-electron chi connectivity index (χ1n) is 10.5. The Labute approximate surface area is 211 Å². The molecule has 0 bridgehead atoms. The molecule has 0 spiro atoms. The second-order valence-electron chi connectivity index (χ2n) is 7.63. The van der Waals surface area contributed by atoms with E-state index in [0.717, 1.165) is 27.4 Å². The van der Waals surface area contributed by atoms with Gasteiger partial charge in [-0.05, 0) is 42.5 Å². The van der Waals surface area contributed by atoms with Crippen molar-refractivity contribution in [2.45, 2.75) is 10.6 Å². The molecular weight excluding hydrogens is 484 g/mol. The van der Waals surface area contributed by atoms with Crippen LogP contribution in [-0.2, 0) is 5.75 Å². The van der Waals surface area contributed by atoms with Crippen molar-refractivity contribution in [2.75, 3.05) is 5.32 Å². The summed E-state index contributed by atoms with van der Waals surface area (Å²) < 4.78 is 1.80. The van der Waals surface area contributed by atoms with Crippen LogP contribution >= 0.6 is 35.6 Å². The van der Waals surface area contributed by atoms with Crippen LogP contribution in [0.3, 0.4) is 0 Å². The molecule has 2 heterocycles. The number of nitrogens with one attached hydrogen (secondary N) is 1. The van der Waals surface area contributed by atoms with E-state index in [1.807, 2.05) is 48.5 Å². The van der Waals surface area contributed by atoms with Crippen molar-refractivity contribution >= 4 is 52.0 Å². The molecule has 8 heteroatoms. The number of hydrogen-bond donors (Lipinski definition) is 1. The Hall–Kier alpha value is -3.44. The number of aromatic nitrogens is 2. The fourth-order valence-electron chi connectivity index (χ4n) is 3.88. The topological polar surface area (TPSA) is 70.7 Å². The van der Waals surface area contributed by atoms with Gasteiger partial charge in [-0.3, -0.25) is 4.79 Å². The lowest BCUT2D eigenvalue weighted by Crippen LogP contribution is -2.28. The third kappa shape index (κ3) is 4.12. The minimum absolute atomic E-state index is 0.127. The Kier molecular flexibility index (Phi) is 6.20. The van der Waals surface area contributed by atoms with Gasteiger partial charge in [-0.1, -0.05) is 60.2 Å². The Morgan fingerprint density at radius 3 is 2.53 bits per heavy atom. The minimum Gasteiger partial charge on any atom is -0.349 e. The first-order valence-corrected chi connectivity index (χ1v) is 12.2. The van der Waals surface area contributed by atoms with Crippen molar-refractivity contribution in [2.24, 2.45) is 5.92 Å². The molecule has 0 saturated heterocycles. The highest BCUT2D eigenvalue weighted by molar-refractivity contribution is 7.98. The SMILES string of the molecule is N#CC(C(=O)c1nn(-c2ccccc2)c2c1CSc1ccccc1-2)C(=S)Nc1ccc(Cl)cc1. The average molecular weight is 501 g/mol. The summed E-state index contributed by atoms with van der Waals surface area (Å²) >= 11 is 13.1. The number of ketones is 1. The van der Waals surface area contributed by atoms with Gasteiger partial charge in [0.05, 0.1) is 17.5 Å². The van der Waals surface area contributed by atoms with E-state index in [0.29, 0.717) is 16.5 Å². The van der Waals surface area contributed by atoms with Crippen molar-refractivity contribution < 1.29 is 4.79 Å². The van der Waals surface area contributed by atoms with Crippen LogP contribution in [0.2, 0.25) is 5.02 Å². The van der Waals surface area contributed by atoms with Crippen molar-refractivity contribution in [3.63, 3.8) is 0 Å². The lowest BCUT2D eigenvalue weighted by Gasteiger charge is -2.18. The molecule has 5 nitrogen and oxygen atoms in total. The van der Waals surface area contributed by atoms with Crippen LogP contribution in [0, 0.1) is 17.2 Å². The molecule has 1 N–H and O–H groups in total. The van der Waals surface area contributed by atoms with E-state index >= 15 is 0 Å². The van der Waals surface area contributed by atoms with Crippen LogP contribution in [0.4, 0.5) is 5.69 Å². The molecule has 0 amide bonds. The van der Waals surface area contributed by atoms with E-state index < -0.39 is 11.7 Å². The van der Waals surface area contributed by atoms with Crippen molar-refractivity contribution in [1.82, 2.24) is 9.78 Å². The number of carbonyl (C=O) groups excluding carboxylic acids is 1. The smallest absolute Gasteiger partial charge is 0.207 e. The maximum atomic E-state index is 13.6. The summed E-state index contributed by atoms with van der Waals surface area (Å²) in [6.45, 7) is 0. The summed E-state index contributed by atoms with van der Waals surface area (Å²) in [5.74, 6) is -1.01. The molecule has 0 aliphatic carbocycles. The van der Waals surface area contributed by atoms with Gasteiger partial charge < -0.3 is 5.32 Å². The normalized spacial score (nSPS) is 12.7. The number of rotatable bonds is 5. The average Bonchev–Trinajstić information content (AvgIpc) is 3.27. The molecule has 1 aliphatic heterocycles. The molecule has 0 fully saturated rings. The molecular formula is C26H17ClN4OS2. The number of nitriles is 1. The van der Waals surface area contributed by atoms with Crippen LogP contribution in [-0.4, -0.2) is 20.6 Å². The van der Waals surface area contributed by atoms with Crippen molar-refractivity contribution in [1.29, 1.82) is 5.26 Å². The molecule has 34 heavy (non-hydrogen) atoms. The van der Waals surface area contributed by atoms with Gasteiger partial charge >= 0.3 is 0 Å². The predicted octanol–water partition coefficient (Wildman–Crippen LogP) is 6.56. The van der Waals surface area contributed by atoms with Gasteiger partial charge in [0.25, 0.3) is 0 Å². The fourth-order valence-corrected chi connectivity index (χ4v) is 5.35. The van der Waals surface area contributed by atoms with E-state index in [-0.39, 0.29) is 10.7 Å². The van der Waals surface area contributed by atoms with Gasteiger partial charge in [0.2, 0.25) is 5.78 Å². The molecule has 0 saturated carbocycles. The van der Waals surface area contributed by atoms with Crippen LogP contribution in [0.25, 0.3) is 16.9 Å². The van der Waals surface area contributed by atoms with Crippen molar-refractivity contribution in [3.05, 3.63) is 95.1 Å². The van der Waals surface area contributed by atoms with Crippen molar-refractivity contribution in [3.8, 4) is 23.0 Å². The first-order chi connectivity index (χ1) is 16.6. The maximum Gasteiger partial charge on any atom is 0.207 e. The van der Waals surface area contributed by atoms with Crippen LogP contribution < -0.4 is 5.32 Å². The van der Waals surface area contributed by atoms with Gasteiger partial charge in [-0.15, -0.1) is 11.8 Å². The van der Waals surface area contributed by atoms with Gasteiger partial charge in [0.15, 0.2) is 5.92 Å². The molecule has 5 rings (SSSR count). The number of hydrogen-bond acceptors (Lipinski definition) is 5. The number of carbonyl (C=O) groups is 1. The van der Waals surface area contributed by atoms with Gasteiger partial charge in [0.1, 0.15) is 10.7 Å². The minimum atomic E-state index is -1.17. The fraction of sp³-hybridized carbons (Fsp3) is 0.0769. The largest absolute Gasteiger partial charge is 0.349 e. The van der Waals surface area contributed by atoms with E-state index in [4.69, 9.17) is 28.9 Å². The molecule has 1 aromatic heterocycles. The predicted molar refractivity (Wildman–Crippen MR) is 140 cm³/mol. The third-order valence-corrected chi connectivity index (χ3v) is 7.19. The standard InChI is InChI=1S/C26H17ClN4OS2/c27-16-10-12-17(13-11-16)29-26(33)20(14-28)25(32)23-21-15-34-22-9-5-4-8-19(22)24(21)31(30-23)18-6-2-1-3-7-18/h1-13,20H,15H2,(H,29,33). The van der Waals surface area contributed by atoms with Crippen LogP contribution in [0.5, 0.6) is 0 Å². The number of fused-ring (bicyclic) bond motifs is 3. The monoisotopic (exact) mass is 500 g/mol. The second-order valence-corrected chi connectivity index (χ2v) is 9.52. The number of nitrogens with zero attached hydrogens (tertiary/aromatic N) is 3. The number of thiocarbonyl (C=S) groups is 1. The highest BCUT2D eigenvalue weighted by atomic mass is 35.5. The summed E-state index contributed by atoms with van der Waals surface area (Å²) in [6.07, 6.45) is 0. The molecule has 4 aromatic rings. The molecule has 1 atom stereocenters. The number of Topliss-reactive ketones (excluding diaryl/α,β-unsaturated/α-hetero) is 1. The zero-order valence-corrected chi connectivity index (χ0v) is 20.1. The number of benzene rings is 3. The second kappa shape index (κ2) is 9.43. The molecule has 166 valence electrons. The van der Waals surface area contributed by atoms with E-state index in [1.165, 1.54) is 0 Å². The zero-order chi connectivity index (χ0) is 23.7. The first kappa shape index (κ1) is 22.4. The summed E-state index contributed by atoms with van der Waals surface area (Å²) in [5, 5.41) is 18.2. The third-order valence-electron chi connectivity index (χ3n) is 5.50. The van der Waals surface area contributed by atoms with E-state index in [9.17, 15) is 10.1 Å². The Morgan fingerprint density at radius 1 is 1.09 bits per heavy atom. The van der Waals surface area contributed by atoms with Gasteiger partial charge in [0, 0.05) is 32.5 Å². The molecule has 0 radical (unpaired) electrons. The lowest BCUT2D eigenvalue weighted by atomic mass is 9.97. The van der Waals surface area contributed by atoms with E-state index in [1.54, 1.807) is 40.7 Å². The molecule has 1 aliphatic rings. The van der Waals surface area contributed by atoms with Crippen LogP contribution in [0.1, 0.15) is 16.1 Å². The Balaban J connectivity index is 1.57. The molecule has 1 unspecified atom stereocenters. The number of halogens is 1.